The number of hydrogen-bond acceptors (Lipinski definition) is 3. The van der Waals surface area contributed by atoms with Gasteiger partial charge in [-0.15, -0.1) is 0 Å². The van der Waals surface area contributed by atoms with E-state index >= 15 is 0 Å². The van der Waals surface area contributed by atoms with Crippen molar-refractivity contribution < 1.29 is 19.4 Å². The van der Waals surface area contributed by atoms with E-state index in [1.54, 1.807) is 31.2 Å². The van der Waals surface area contributed by atoms with Gasteiger partial charge in [0.2, 0.25) is 0 Å². The molecule has 2 atom stereocenters. The van der Waals surface area contributed by atoms with Crippen LogP contribution in [0.4, 0.5) is 5.69 Å². The van der Waals surface area contributed by atoms with Crippen molar-refractivity contribution in [2.75, 3.05) is 11.4 Å². The molecule has 0 unspecified atom stereocenters. The number of nitrogens with zero attached hydrogens (tertiary/aromatic N) is 1. The van der Waals surface area contributed by atoms with Crippen LogP contribution in [-0.2, 0) is 20.9 Å². The van der Waals surface area contributed by atoms with Gasteiger partial charge < -0.3 is 14.7 Å². The Morgan fingerprint density at radius 2 is 1.83 bits per heavy atom. The molecule has 5 heteroatoms. The highest BCUT2D eigenvalue weighted by molar-refractivity contribution is 6.01. The average Bonchev–Trinajstić information content (AvgIpc) is 3.00. The summed E-state index contributed by atoms with van der Waals surface area (Å²) in [6.07, 6.45) is -0.647. The lowest BCUT2D eigenvalue weighted by atomic mass is 10.0. The molecule has 2 aromatic rings. The maximum atomic E-state index is 12.7. The van der Waals surface area contributed by atoms with Crippen molar-refractivity contribution in [3.63, 3.8) is 0 Å². The Morgan fingerprint density at radius 1 is 1.17 bits per heavy atom. The predicted molar refractivity (Wildman–Crippen MR) is 89.9 cm³/mol. The monoisotopic (exact) mass is 325 g/mol. The van der Waals surface area contributed by atoms with Gasteiger partial charge in [-0.2, -0.15) is 0 Å². The van der Waals surface area contributed by atoms with E-state index in [0.717, 1.165) is 5.56 Å². The van der Waals surface area contributed by atoms with Gasteiger partial charge >= 0.3 is 5.97 Å². The second kappa shape index (κ2) is 6.84. The maximum Gasteiger partial charge on any atom is 0.312 e. The number of carboxylic acids is 1. The molecule has 1 heterocycles. The van der Waals surface area contributed by atoms with Crippen molar-refractivity contribution in [3.8, 4) is 0 Å². The number of fused-ring (bicyclic) bond motifs is 1. The summed E-state index contributed by atoms with van der Waals surface area (Å²) in [5.74, 6) is -1.83. The molecule has 1 aliphatic heterocycles. The van der Waals surface area contributed by atoms with Crippen molar-refractivity contribution >= 4 is 17.6 Å². The Morgan fingerprint density at radius 3 is 2.54 bits per heavy atom. The molecule has 1 amide bonds. The molecule has 0 saturated carbocycles. The number of carbonyl (C=O) groups is 2. The first-order valence-electron chi connectivity index (χ1n) is 7.86. The van der Waals surface area contributed by atoms with Crippen LogP contribution in [-0.4, -0.2) is 29.6 Å². The summed E-state index contributed by atoms with van der Waals surface area (Å²) in [7, 11) is 0. The number of aliphatic carboxylic acids is 1. The van der Waals surface area contributed by atoms with E-state index in [4.69, 9.17) is 4.74 Å². The number of hydrogen-bond donors (Lipinski definition) is 1. The summed E-state index contributed by atoms with van der Waals surface area (Å²) in [5, 5.41) is 9.38. The van der Waals surface area contributed by atoms with Crippen LogP contribution in [0, 0.1) is 0 Å². The highest BCUT2D eigenvalue weighted by Gasteiger charge is 2.37. The Hall–Kier alpha value is -2.66. The van der Waals surface area contributed by atoms with Gasteiger partial charge in [0.15, 0.2) is 0 Å². The standard InChI is InChI=1S/C19H19NO4/c1-13(24-12-14-7-3-2-4-8-14)18(21)20-11-16(19(22)23)15-9-5-6-10-17(15)20/h2-10,13,16H,11-12H2,1H3,(H,22,23)/t13-,16+/m1/s1. The number of rotatable bonds is 5. The van der Waals surface area contributed by atoms with Gasteiger partial charge in [0.05, 0.1) is 6.61 Å². The second-order valence-corrected chi connectivity index (χ2v) is 5.84. The summed E-state index contributed by atoms with van der Waals surface area (Å²) >= 11 is 0. The molecule has 1 aliphatic rings. The predicted octanol–water partition coefficient (Wildman–Crippen LogP) is 2.81. The molecular formula is C19H19NO4. The van der Waals surface area contributed by atoms with Gasteiger partial charge in [-0.25, -0.2) is 0 Å². The van der Waals surface area contributed by atoms with Crippen LogP contribution >= 0.6 is 0 Å². The Bertz CT molecular complexity index is 744. The molecule has 24 heavy (non-hydrogen) atoms. The van der Waals surface area contributed by atoms with Gasteiger partial charge in [-0.3, -0.25) is 9.59 Å². The molecule has 124 valence electrons. The minimum absolute atomic E-state index is 0.145. The summed E-state index contributed by atoms with van der Waals surface area (Å²) in [5.41, 5.74) is 2.32. The molecule has 5 nitrogen and oxygen atoms in total. The molecule has 0 radical (unpaired) electrons. The van der Waals surface area contributed by atoms with E-state index in [-0.39, 0.29) is 12.5 Å². The van der Waals surface area contributed by atoms with Gasteiger partial charge in [0, 0.05) is 12.2 Å². The zero-order chi connectivity index (χ0) is 17.1. The lowest BCUT2D eigenvalue weighted by Gasteiger charge is -2.22. The molecule has 1 N–H and O–H groups in total. The van der Waals surface area contributed by atoms with Crippen LogP contribution < -0.4 is 4.90 Å². The third-order valence-electron chi connectivity index (χ3n) is 4.22. The molecule has 2 aromatic carbocycles. The van der Waals surface area contributed by atoms with Crippen LogP contribution in [0.1, 0.15) is 24.0 Å². The lowest BCUT2D eigenvalue weighted by Crippen LogP contribution is -2.39. The van der Waals surface area contributed by atoms with Crippen LogP contribution in [0.25, 0.3) is 0 Å². The fourth-order valence-corrected chi connectivity index (χ4v) is 2.91. The maximum absolute atomic E-state index is 12.7. The van der Waals surface area contributed by atoms with Crippen LogP contribution in [0.15, 0.2) is 54.6 Å². The molecule has 3 rings (SSSR count). The van der Waals surface area contributed by atoms with Crippen LogP contribution in [0.5, 0.6) is 0 Å². The zero-order valence-electron chi connectivity index (χ0n) is 13.4. The first kappa shape index (κ1) is 16.2. The molecule has 0 saturated heterocycles. The van der Waals surface area contributed by atoms with E-state index in [1.165, 1.54) is 4.90 Å². The average molecular weight is 325 g/mol. The summed E-state index contributed by atoms with van der Waals surface area (Å²) in [4.78, 5) is 25.7. The number of amides is 1. The fraction of sp³-hybridized carbons (Fsp3) is 0.263. The smallest absolute Gasteiger partial charge is 0.312 e. The third-order valence-corrected chi connectivity index (χ3v) is 4.22. The molecule has 0 fully saturated rings. The van der Waals surface area contributed by atoms with Crippen LogP contribution in [0.3, 0.4) is 0 Å². The molecular weight excluding hydrogens is 306 g/mol. The van der Waals surface area contributed by atoms with Crippen molar-refractivity contribution in [1.82, 2.24) is 0 Å². The minimum atomic E-state index is -0.921. The highest BCUT2D eigenvalue weighted by Crippen LogP contribution is 2.36. The third kappa shape index (κ3) is 3.16. The highest BCUT2D eigenvalue weighted by atomic mass is 16.5. The first-order chi connectivity index (χ1) is 11.6. The number of carboxylic acid groups (broad SMARTS) is 1. The van der Waals surface area contributed by atoms with Gasteiger partial charge in [-0.05, 0) is 24.1 Å². The van der Waals surface area contributed by atoms with Crippen LogP contribution in [0.2, 0.25) is 0 Å². The molecule has 0 bridgehead atoms. The van der Waals surface area contributed by atoms with Gasteiger partial charge in [-0.1, -0.05) is 48.5 Å². The fourth-order valence-electron chi connectivity index (χ4n) is 2.91. The zero-order valence-corrected chi connectivity index (χ0v) is 13.4. The van der Waals surface area contributed by atoms with E-state index in [1.807, 2.05) is 30.3 Å². The summed E-state index contributed by atoms with van der Waals surface area (Å²) < 4.78 is 5.67. The Labute approximate surface area is 140 Å². The van der Waals surface area contributed by atoms with Gasteiger partial charge in [0.25, 0.3) is 5.91 Å². The molecule has 0 aliphatic carbocycles. The number of anilines is 1. The van der Waals surface area contributed by atoms with E-state index < -0.39 is 18.0 Å². The van der Waals surface area contributed by atoms with Gasteiger partial charge in [0.1, 0.15) is 12.0 Å². The number of para-hydroxylation sites is 1. The number of ether oxygens (including phenoxy) is 1. The first-order valence-corrected chi connectivity index (χ1v) is 7.86. The van der Waals surface area contributed by atoms with Crippen molar-refractivity contribution in [2.45, 2.75) is 25.6 Å². The lowest BCUT2D eigenvalue weighted by molar-refractivity contribution is -0.138. The SMILES string of the molecule is C[C@@H](OCc1ccccc1)C(=O)N1C[C@H](C(=O)O)c2ccccc21. The second-order valence-electron chi connectivity index (χ2n) is 5.84. The summed E-state index contributed by atoms with van der Waals surface area (Å²) in [6.45, 7) is 2.18. The van der Waals surface area contributed by atoms with E-state index in [2.05, 4.69) is 0 Å². The quantitative estimate of drug-likeness (QED) is 0.918. The topological polar surface area (TPSA) is 66.8 Å². The Balaban J connectivity index is 1.72. The molecule has 0 aromatic heterocycles. The number of carbonyl (C=O) groups excluding carboxylic acids is 1. The van der Waals surface area contributed by atoms with Crippen molar-refractivity contribution in [3.05, 3.63) is 65.7 Å². The normalized spacial score (nSPS) is 17.4. The van der Waals surface area contributed by atoms with Crippen molar-refractivity contribution in [2.24, 2.45) is 0 Å². The number of benzene rings is 2. The van der Waals surface area contributed by atoms with E-state index in [9.17, 15) is 14.7 Å². The Kier molecular flexibility index (Phi) is 4.62. The minimum Gasteiger partial charge on any atom is -0.481 e. The largest absolute Gasteiger partial charge is 0.481 e. The summed E-state index contributed by atoms with van der Waals surface area (Å²) in [6, 6.07) is 16.8. The van der Waals surface area contributed by atoms with E-state index in [0.29, 0.717) is 17.9 Å². The molecule has 0 spiro atoms. The van der Waals surface area contributed by atoms with Crippen molar-refractivity contribution in [1.29, 1.82) is 0 Å².